The molecule has 0 spiro atoms. The van der Waals surface area contributed by atoms with Crippen LogP contribution in [0.4, 0.5) is 0 Å². The van der Waals surface area contributed by atoms with E-state index in [1.165, 1.54) is 0 Å². The lowest BCUT2D eigenvalue weighted by Crippen LogP contribution is -2.07. The molecule has 0 saturated heterocycles. The van der Waals surface area contributed by atoms with Crippen LogP contribution in [0.2, 0.25) is 0 Å². The zero-order valence-corrected chi connectivity index (χ0v) is 23.4. The molecular formula is C38H23N5O. The van der Waals surface area contributed by atoms with Crippen LogP contribution in [0.1, 0.15) is 0 Å². The van der Waals surface area contributed by atoms with Crippen LogP contribution in [0, 0.1) is 0 Å². The molecule has 0 aliphatic carbocycles. The molecule has 0 fully saturated rings. The van der Waals surface area contributed by atoms with Crippen LogP contribution in [0.5, 0.6) is 0 Å². The van der Waals surface area contributed by atoms with E-state index in [0.717, 1.165) is 60.4 Å². The van der Waals surface area contributed by atoms with Gasteiger partial charge in [-0.25, -0.2) is 4.98 Å². The van der Waals surface area contributed by atoms with E-state index in [1.54, 1.807) is 6.20 Å². The van der Waals surface area contributed by atoms with Gasteiger partial charge in [-0.2, -0.15) is 9.97 Å². The molecule has 6 heteroatoms. The maximum Gasteiger partial charge on any atom is 0.238 e. The number of rotatable bonds is 4. The fraction of sp³-hybridized carbons (Fsp3) is 0. The average Bonchev–Trinajstić information content (AvgIpc) is 3.64. The number of nitrogens with zero attached hydrogens (tertiary/aromatic N) is 5. The standard InChI is InChI=1S/C38H23N5O/c1-3-11-24(12-4-1)26-19-20-28-27-15-7-9-17-30(27)43(31(28)23-26)38-41-36(25-13-5-2-6-14-25)40-37(42-38)35-34-29-16-8-10-18-32(29)44-33(34)21-22-39-35/h1-23H. The smallest absolute Gasteiger partial charge is 0.238 e. The van der Waals surface area contributed by atoms with Crippen molar-refractivity contribution in [1.82, 2.24) is 24.5 Å². The Balaban J connectivity index is 1.37. The van der Waals surface area contributed by atoms with E-state index in [-0.39, 0.29) is 0 Å². The summed E-state index contributed by atoms with van der Waals surface area (Å²) in [6.45, 7) is 0. The highest BCUT2D eigenvalue weighted by Crippen LogP contribution is 2.37. The van der Waals surface area contributed by atoms with Crippen molar-refractivity contribution in [2.24, 2.45) is 0 Å². The molecular weight excluding hydrogens is 542 g/mol. The summed E-state index contributed by atoms with van der Waals surface area (Å²) in [7, 11) is 0. The highest BCUT2D eigenvalue weighted by molar-refractivity contribution is 6.11. The van der Waals surface area contributed by atoms with E-state index in [4.69, 9.17) is 24.4 Å². The van der Waals surface area contributed by atoms with Gasteiger partial charge in [0.15, 0.2) is 11.6 Å². The van der Waals surface area contributed by atoms with Gasteiger partial charge in [-0.1, -0.05) is 109 Å². The summed E-state index contributed by atoms with van der Waals surface area (Å²) in [5, 5.41) is 4.11. The van der Waals surface area contributed by atoms with Crippen LogP contribution in [-0.4, -0.2) is 24.5 Å². The van der Waals surface area contributed by atoms with Gasteiger partial charge in [0.25, 0.3) is 0 Å². The first-order chi connectivity index (χ1) is 21.8. The summed E-state index contributed by atoms with van der Waals surface area (Å²) in [6, 6.07) is 45.3. The molecule has 5 aromatic carbocycles. The number of fused-ring (bicyclic) bond motifs is 6. The second-order valence-corrected chi connectivity index (χ2v) is 10.7. The second-order valence-electron chi connectivity index (χ2n) is 10.7. The Bertz CT molecular complexity index is 2500. The van der Waals surface area contributed by atoms with Gasteiger partial charge in [0.2, 0.25) is 5.95 Å². The molecule has 0 aliphatic heterocycles. The summed E-state index contributed by atoms with van der Waals surface area (Å²) in [4.78, 5) is 20.1. The molecule has 206 valence electrons. The van der Waals surface area contributed by atoms with Crippen molar-refractivity contribution < 1.29 is 4.42 Å². The molecule has 9 rings (SSSR count). The van der Waals surface area contributed by atoms with Crippen molar-refractivity contribution in [2.45, 2.75) is 0 Å². The third-order valence-corrected chi connectivity index (χ3v) is 8.14. The minimum absolute atomic E-state index is 0.483. The van der Waals surface area contributed by atoms with Crippen molar-refractivity contribution >= 4 is 43.7 Å². The molecule has 6 nitrogen and oxygen atoms in total. The lowest BCUT2D eigenvalue weighted by molar-refractivity contribution is 0.668. The first kappa shape index (κ1) is 24.5. The minimum Gasteiger partial charge on any atom is -0.456 e. The number of pyridine rings is 1. The summed E-state index contributed by atoms with van der Waals surface area (Å²) in [5.74, 6) is 1.58. The molecule has 9 aromatic rings. The summed E-state index contributed by atoms with van der Waals surface area (Å²) < 4.78 is 8.33. The average molecular weight is 566 g/mol. The van der Waals surface area contributed by atoms with Crippen LogP contribution in [0.3, 0.4) is 0 Å². The highest BCUT2D eigenvalue weighted by Gasteiger charge is 2.21. The Morgan fingerprint density at radius 3 is 2.00 bits per heavy atom. The predicted molar refractivity (Wildman–Crippen MR) is 176 cm³/mol. The zero-order valence-electron chi connectivity index (χ0n) is 23.4. The molecule has 0 unspecified atom stereocenters. The van der Waals surface area contributed by atoms with Gasteiger partial charge in [-0.3, -0.25) is 9.55 Å². The largest absolute Gasteiger partial charge is 0.456 e. The second kappa shape index (κ2) is 9.71. The molecule has 0 aliphatic rings. The Hall–Kier alpha value is -6.14. The van der Waals surface area contributed by atoms with Gasteiger partial charge < -0.3 is 4.42 Å². The van der Waals surface area contributed by atoms with E-state index in [0.29, 0.717) is 23.3 Å². The normalized spacial score (nSPS) is 11.6. The van der Waals surface area contributed by atoms with Gasteiger partial charge >= 0.3 is 0 Å². The molecule has 0 atom stereocenters. The van der Waals surface area contributed by atoms with Gasteiger partial charge in [0, 0.05) is 27.9 Å². The van der Waals surface area contributed by atoms with Gasteiger partial charge in [0.05, 0.1) is 16.4 Å². The fourth-order valence-corrected chi connectivity index (χ4v) is 6.12. The van der Waals surface area contributed by atoms with Crippen LogP contribution in [0.15, 0.2) is 144 Å². The molecule has 0 saturated carbocycles. The van der Waals surface area contributed by atoms with Crippen molar-refractivity contribution in [3.05, 3.63) is 140 Å². The fourth-order valence-electron chi connectivity index (χ4n) is 6.12. The van der Waals surface area contributed by atoms with Crippen LogP contribution >= 0.6 is 0 Å². The van der Waals surface area contributed by atoms with Gasteiger partial charge in [0.1, 0.15) is 16.9 Å². The molecule has 4 heterocycles. The van der Waals surface area contributed by atoms with Gasteiger partial charge in [-0.05, 0) is 35.4 Å². The van der Waals surface area contributed by atoms with E-state index < -0.39 is 0 Å². The molecule has 0 radical (unpaired) electrons. The molecule has 44 heavy (non-hydrogen) atoms. The number of hydrogen-bond acceptors (Lipinski definition) is 5. The maximum absolute atomic E-state index is 6.19. The SMILES string of the molecule is c1ccc(-c2ccc3c4ccccc4n(-c4nc(-c5ccccc5)nc(-c5nccc6oc7ccccc7c56)n4)c3c2)cc1. The van der Waals surface area contributed by atoms with E-state index in [1.807, 2.05) is 66.7 Å². The van der Waals surface area contributed by atoms with Crippen molar-refractivity contribution in [3.63, 3.8) is 0 Å². The highest BCUT2D eigenvalue weighted by atomic mass is 16.3. The number of benzene rings is 5. The van der Waals surface area contributed by atoms with Crippen molar-refractivity contribution in [1.29, 1.82) is 0 Å². The maximum atomic E-state index is 6.19. The van der Waals surface area contributed by atoms with Crippen molar-refractivity contribution in [2.75, 3.05) is 0 Å². The van der Waals surface area contributed by atoms with Crippen LogP contribution < -0.4 is 0 Å². The lowest BCUT2D eigenvalue weighted by Gasteiger charge is -2.11. The Kier molecular flexibility index (Phi) is 5.40. The third kappa shape index (κ3) is 3.82. The molecule has 0 amide bonds. The van der Waals surface area contributed by atoms with Gasteiger partial charge in [-0.15, -0.1) is 0 Å². The van der Waals surface area contributed by atoms with E-state index in [9.17, 15) is 0 Å². The minimum atomic E-state index is 0.483. The third-order valence-electron chi connectivity index (χ3n) is 8.14. The summed E-state index contributed by atoms with van der Waals surface area (Å²) in [6.07, 6.45) is 1.75. The number of furan rings is 1. The van der Waals surface area contributed by atoms with E-state index in [2.05, 4.69) is 71.3 Å². The van der Waals surface area contributed by atoms with Crippen LogP contribution in [-0.2, 0) is 0 Å². The number of hydrogen-bond donors (Lipinski definition) is 0. The predicted octanol–water partition coefficient (Wildman–Crippen LogP) is 9.26. The Labute approximate surface area is 251 Å². The zero-order chi connectivity index (χ0) is 29.0. The Morgan fingerprint density at radius 1 is 0.477 bits per heavy atom. The summed E-state index contributed by atoms with van der Waals surface area (Å²) >= 11 is 0. The first-order valence-electron chi connectivity index (χ1n) is 14.5. The monoisotopic (exact) mass is 565 g/mol. The lowest BCUT2D eigenvalue weighted by atomic mass is 10.0. The Morgan fingerprint density at radius 2 is 1.16 bits per heavy atom. The first-order valence-corrected chi connectivity index (χ1v) is 14.5. The number of para-hydroxylation sites is 2. The number of aromatic nitrogens is 5. The van der Waals surface area contributed by atoms with E-state index >= 15 is 0 Å². The molecule has 0 N–H and O–H groups in total. The van der Waals surface area contributed by atoms with Crippen LogP contribution in [0.25, 0.3) is 83.7 Å². The quantitative estimate of drug-likeness (QED) is 0.213. The topological polar surface area (TPSA) is 69.6 Å². The molecule has 4 aromatic heterocycles. The van der Waals surface area contributed by atoms with Crippen molar-refractivity contribution in [3.8, 4) is 40.0 Å². The molecule has 0 bridgehead atoms. The summed E-state index contributed by atoms with van der Waals surface area (Å²) in [5.41, 5.74) is 7.39.